The molecular weight excluding hydrogens is 415 g/mol. The van der Waals surface area contributed by atoms with Gasteiger partial charge in [-0.1, -0.05) is 60.2 Å². The summed E-state index contributed by atoms with van der Waals surface area (Å²) >= 11 is 0. The van der Waals surface area contributed by atoms with E-state index >= 15 is 0 Å². The molecule has 0 amide bonds. The molecule has 0 aliphatic heterocycles. The molecule has 4 rings (SSSR count). The van der Waals surface area contributed by atoms with Crippen LogP contribution in [0.3, 0.4) is 0 Å². The number of aromatic nitrogens is 2. The van der Waals surface area contributed by atoms with Crippen molar-refractivity contribution in [1.29, 1.82) is 0 Å². The van der Waals surface area contributed by atoms with Gasteiger partial charge in [-0.2, -0.15) is 5.10 Å². The zero-order valence-corrected chi connectivity index (χ0v) is 19.1. The summed E-state index contributed by atoms with van der Waals surface area (Å²) in [6, 6.07) is 22.2. The summed E-state index contributed by atoms with van der Waals surface area (Å²) in [5.74, 6) is 0.408. The van der Waals surface area contributed by atoms with Crippen LogP contribution in [0.5, 0.6) is 5.75 Å². The molecule has 33 heavy (non-hydrogen) atoms. The van der Waals surface area contributed by atoms with Crippen molar-refractivity contribution in [3.8, 4) is 16.9 Å². The highest BCUT2D eigenvalue weighted by molar-refractivity contribution is 5.75. The molecule has 0 N–H and O–H groups in total. The molecule has 0 saturated heterocycles. The van der Waals surface area contributed by atoms with Crippen molar-refractivity contribution in [2.24, 2.45) is 0 Å². The van der Waals surface area contributed by atoms with Crippen LogP contribution in [-0.4, -0.2) is 16.9 Å². The normalized spacial score (nSPS) is 10.9. The van der Waals surface area contributed by atoms with Crippen LogP contribution < -0.4 is 10.3 Å². The molecular formula is C28H27FN2O2. The van der Waals surface area contributed by atoms with E-state index in [2.05, 4.69) is 5.10 Å². The summed E-state index contributed by atoms with van der Waals surface area (Å²) in [5.41, 5.74) is 5.91. The molecule has 0 spiro atoms. The van der Waals surface area contributed by atoms with E-state index in [0.717, 1.165) is 33.5 Å². The van der Waals surface area contributed by atoms with Gasteiger partial charge >= 0.3 is 0 Å². The largest absolute Gasteiger partial charge is 0.496 e. The van der Waals surface area contributed by atoms with Crippen molar-refractivity contribution in [3.05, 3.63) is 117 Å². The maximum absolute atomic E-state index is 13.7. The predicted octanol–water partition coefficient (Wildman–Crippen LogP) is 5.51. The second-order valence-electron chi connectivity index (χ2n) is 8.22. The van der Waals surface area contributed by atoms with Gasteiger partial charge in [0.05, 0.1) is 19.3 Å². The lowest BCUT2D eigenvalue weighted by Crippen LogP contribution is -2.29. The lowest BCUT2D eigenvalue weighted by atomic mass is 9.94. The lowest BCUT2D eigenvalue weighted by Gasteiger charge is -2.17. The van der Waals surface area contributed by atoms with Gasteiger partial charge in [0.1, 0.15) is 11.6 Å². The van der Waals surface area contributed by atoms with Crippen molar-refractivity contribution in [2.75, 3.05) is 7.11 Å². The van der Waals surface area contributed by atoms with E-state index in [9.17, 15) is 9.18 Å². The van der Waals surface area contributed by atoms with E-state index in [1.54, 1.807) is 13.2 Å². The Morgan fingerprint density at radius 2 is 1.67 bits per heavy atom. The van der Waals surface area contributed by atoms with E-state index in [4.69, 9.17) is 4.74 Å². The molecule has 3 aromatic carbocycles. The Morgan fingerprint density at radius 3 is 2.39 bits per heavy atom. The second kappa shape index (κ2) is 9.82. The van der Waals surface area contributed by atoms with Crippen LogP contribution in [-0.2, 0) is 19.4 Å². The quantitative estimate of drug-likeness (QED) is 0.379. The Hall–Kier alpha value is -3.73. The molecule has 0 saturated carbocycles. The fourth-order valence-corrected chi connectivity index (χ4v) is 4.13. The van der Waals surface area contributed by atoms with Gasteiger partial charge in [-0.15, -0.1) is 0 Å². The first-order valence-corrected chi connectivity index (χ1v) is 11.0. The predicted molar refractivity (Wildman–Crippen MR) is 129 cm³/mol. The summed E-state index contributed by atoms with van der Waals surface area (Å²) in [6.45, 7) is 4.34. The van der Waals surface area contributed by atoms with Crippen LogP contribution >= 0.6 is 0 Å². The molecule has 168 valence electrons. The Labute approximate surface area is 193 Å². The van der Waals surface area contributed by atoms with E-state index in [1.807, 2.05) is 68.4 Å². The van der Waals surface area contributed by atoms with Gasteiger partial charge in [0.25, 0.3) is 5.56 Å². The average Bonchev–Trinajstić information content (AvgIpc) is 2.81. The molecule has 4 nitrogen and oxygen atoms in total. The Bertz CT molecular complexity index is 1330. The number of rotatable bonds is 7. The first-order valence-electron chi connectivity index (χ1n) is 11.0. The number of ether oxygens (including phenoxy) is 1. The van der Waals surface area contributed by atoms with Crippen LogP contribution in [0.25, 0.3) is 11.1 Å². The summed E-state index contributed by atoms with van der Waals surface area (Å²) < 4.78 is 20.8. The van der Waals surface area contributed by atoms with E-state index < -0.39 is 0 Å². The van der Waals surface area contributed by atoms with Gasteiger partial charge in [-0.3, -0.25) is 4.79 Å². The van der Waals surface area contributed by atoms with Gasteiger partial charge in [-0.05, 0) is 56.0 Å². The van der Waals surface area contributed by atoms with E-state index in [-0.39, 0.29) is 11.4 Å². The summed E-state index contributed by atoms with van der Waals surface area (Å²) in [6.07, 6.45) is 1.01. The number of aryl methyl sites for hydroxylation is 3. The Morgan fingerprint density at radius 1 is 0.909 bits per heavy atom. The topological polar surface area (TPSA) is 44.1 Å². The highest BCUT2D eigenvalue weighted by Crippen LogP contribution is 2.33. The Balaban J connectivity index is 1.82. The Kier molecular flexibility index (Phi) is 6.68. The molecule has 5 heteroatoms. The van der Waals surface area contributed by atoms with Gasteiger partial charge < -0.3 is 4.74 Å². The van der Waals surface area contributed by atoms with Crippen molar-refractivity contribution in [2.45, 2.75) is 33.2 Å². The monoisotopic (exact) mass is 442 g/mol. The average molecular weight is 443 g/mol. The molecule has 1 aromatic heterocycles. The third-order valence-corrected chi connectivity index (χ3v) is 5.81. The number of hydrogen-bond acceptors (Lipinski definition) is 3. The van der Waals surface area contributed by atoms with Crippen LogP contribution in [0.1, 0.15) is 27.9 Å². The van der Waals surface area contributed by atoms with Crippen LogP contribution in [0, 0.1) is 19.7 Å². The highest BCUT2D eigenvalue weighted by Gasteiger charge is 2.19. The number of nitrogens with zero attached hydrogens (tertiary/aromatic N) is 2. The van der Waals surface area contributed by atoms with Crippen molar-refractivity contribution >= 4 is 0 Å². The van der Waals surface area contributed by atoms with Gasteiger partial charge in [0.2, 0.25) is 0 Å². The molecule has 0 unspecified atom stereocenters. The smallest absolute Gasteiger partial charge is 0.270 e. The maximum atomic E-state index is 13.7. The third kappa shape index (κ3) is 5.03. The third-order valence-electron chi connectivity index (χ3n) is 5.81. The zero-order valence-electron chi connectivity index (χ0n) is 19.1. The first kappa shape index (κ1) is 22.5. The second-order valence-corrected chi connectivity index (χ2v) is 8.22. The number of methoxy groups -OCH3 is 1. The molecule has 4 aromatic rings. The molecule has 0 aliphatic rings. The summed E-state index contributed by atoms with van der Waals surface area (Å²) in [5, 5.41) is 4.66. The van der Waals surface area contributed by atoms with Gasteiger partial charge in [0.15, 0.2) is 0 Å². The molecule has 1 heterocycles. The highest BCUT2D eigenvalue weighted by atomic mass is 19.1. The zero-order chi connectivity index (χ0) is 23.4. The standard InChI is InChI=1S/C28H27FN2O2/c1-19-11-13-22(14-12-19)18-31-28(32)25(16-15-21-7-6-8-23(29)17-21)27(20(2)30-31)24-9-4-5-10-26(24)33-3/h4-14,17H,15-16,18H2,1-3H3. The lowest BCUT2D eigenvalue weighted by molar-refractivity contribution is 0.416. The fraction of sp³-hybridized carbons (Fsp3) is 0.214. The maximum Gasteiger partial charge on any atom is 0.270 e. The number of benzene rings is 3. The van der Waals surface area contributed by atoms with Crippen molar-refractivity contribution in [3.63, 3.8) is 0 Å². The molecule has 0 aliphatic carbocycles. The summed E-state index contributed by atoms with van der Waals surface area (Å²) in [7, 11) is 1.62. The minimum Gasteiger partial charge on any atom is -0.496 e. The number of halogens is 1. The molecule has 0 radical (unpaired) electrons. The summed E-state index contributed by atoms with van der Waals surface area (Å²) in [4.78, 5) is 13.7. The number of para-hydroxylation sites is 1. The van der Waals surface area contributed by atoms with E-state index in [0.29, 0.717) is 30.7 Å². The molecule has 0 fully saturated rings. The first-order chi connectivity index (χ1) is 16.0. The van der Waals surface area contributed by atoms with Crippen LogP contribution in [0.15, 0.2) is 77.6 Å². The number of hydrogen-bond donors (Lipinski definition) is 0. The molecule has 0 bridgehead atoms. The van der Waals surface area contributed by atoms with Gasteiger partial charge in [-0.25, -0.2) is 9.07 Å². The minimum atomic E-state index is -0.278. The van der Waals surface area contributed by atoms with Gasteiger partial charge in [0, 0.05) is 16.7 Å². The van der Waals surface area contributed by atoms with Crippen LogP contribution in [0.2, 0.25) is 0 Å². The molecule has 0 atom stereocenters. The fourth-order valence-electron chi connectivity index (χ4n) is 4.13. The SMILES string of the molecule is COc1ccccc1-c1c(C)nn(Cc2ccc(C)cc2)c(=O)c1CCc1cccc(F)c1. The van der Waals surface area contributed by atoms with E-state index in [1.165, 1.54) is 16.8 Å². The van der Waals surface area contributed by atoms with Crippen LogP contribution in [0.4, 0.5) is 4.39 Å². The minimum absolute atomic E-state index is 0.140. The van der Waals surface area contributed by atoms with Crippen molar-refractivity contribution < 1.29 is 9.13 Å². The van der Waals surface area contributed by atoms with Crippen molar-refractivity contribution in [1.82, 2.24) is 9.78 Å².